The maximum Gasteiger partial charge on any atom is 0.472 e. The van der Waals surface area contributed by atoms with Crippen LogP contribution in [0.2, 0.25) is 0 Å². The van der Waals surface area contributed by atoms with Crippen LogP contribution in [0.15, 0.2) is 72.8 Å². The molecule has 0 aliphatic carbocycles. The maximum atomic E-state index is 13.6. The highest BCUT2D eigenvalue weighted by Gasteiger charge is 2.32. The van der Waals surface area contributed by atoms with Crippen LogP contribution in [-0.2, 0) is 46.4 Å². The predicted octanol–water partition coefficient (Wildman–Crippen LogP) is -2.93. The van der Waals surface area contributed by atoms with Gasteiger partial charge in [0.2, 0.25) is 35.4 Å². The number of likely N-dealkylation sites (N-methyl/N-ethyl adjacent to an activating group) is 1. The molecule has 8 amide bonds. The first-order valence-electron chi connectivity index (χ1n) is 20.3. The lowest BCUT2D eigenvalue weighted by atomic mass is 9.92. The minimum atomic E-state index is -1.94. The quantitative estimate of drug-likeness (QED) is 0.0317. The number of hydrogen-bond acceptors (Lipinski definition) is 13. The van der Waals surface area contributed by atoms with E-state index in [1.54, 1.807) is 24.3 Å². The number of hydrogen-bond donors (Lipinski definition) is 12. The topological polar surface area (TPSA) is 345 Å². The van der Waals surface area contributed by atoms with Gasteiger partial charge < -0.3 is 68.5 Å². The van der Waals surface area contributed by atoms with Crippen LogP contribution in [0, 0.1) is 0 Å². The average molecular weight is 890 g/mol. The van der Waals surface area contributed by atoms with Gasteiger partial charge in [0, 0.05) is 19.0 Å². The number of primary amides is 1. The fourth-order valence-corrected chi connectivity index (χ4v) is 6.05. The number of aliphatic hydroxyl groups is 1. The second kappa shape index (κ2) is 25.3. The largest absolute Gasteiger partial charge is 0.508 e. The summed E-state index contributed by atoms with van der Waals surface area (Å²) in [6, 6.07) is 14.7. The van der Waals surface area contributed by atoms with E-state index < -0.39 is 111 Å². The van der Waals surface area contributed by atoms with Crippen molar-refractivity contribution < 1.29 is 58.6 Å². The molecule has 0 fully saturated rings. The first-order valence-corrected chi connectivity index (χ1v) is 20.3. The first-order chi connectivity index (χ1) is 30.3. The third-order valence-corrected chi connectivity index (χ3v) is 9.83. The van der Waals surface area contributed by atoms with Gasteiger partial charge >= 0.3 is 7.12 Å². The number of aliphatic hydroxyl groups excluding tert-OH is 1. The van der Waals surface area contributed by atoms with E-state index in [1.165, 1.54) is 43.8 Å². The highest BCUT2D eigenvalue weighted by atomic mass is 16.4. The molecule has 344 valence electrons. The number of phenolic OH excluding ortho intramolecular Hbond substituents is 1. The van der Waals surface area contributed by atoms with Crippen molar-refractivity contribution >= 4 is 54.4 Å². The molecule has 3 aromatic rings. The number of carbonyl (C=O) groups is 8. The molecule has 0 aromatic heterocycles. The third kappa shape index (κ3) is 16.4. The minimum Gasteiger partial charge on any atom is -0.508 e. The Morgan fingerprint density at radius 1 is 0.719 bits per heavy atom. The lowest BCUT2D eigenvalue weighted by molar-refractivity contribution is -0.140. The maximum absolute atomic E-state index is 13.6. The fourth-order valence-electron chi connectivity index (χ4n) is 6.05. The molecule has 64 heavy (non-hydrogen) atoms. The third-order valence-electron chi connectivity index (χ3n) is 9.83. The Balaban J connectivity index is 1.60. The van der Waals surface area contributed by atoms with Gasteiger partial charge in [0.1, 0.15) is 29.9 Å². The van der Waals surface area contributed by atoms with Gasteiger partial charge in [-0.05, 0) is 66.3 Å². The van der Waals surface area contributed by atoms with Gasteiger partial charge in [-0.15, -0.1) is 0 Å². The number of aromatic hydroxyl groups is 1. The number of phenols is 1. The van der Waals surface area contributed by atoms with Gasteiger partial charge in [0.25, 0.3) is 11.8 Å². The molecule has 0 radical (unpaired) electrons. The van der Waals surface area contributed by atoms with Crippen molar-refractivity contribution in [3.63, 3.8) is 0 Å². The van der Waals surface area contributed by atoms with Gasteiger partial charge in [-0.3, -0.25) is 38.4 Å². The summed E-state index contributed by atoms with van der Waals surface area (Å²) in [6.07, 6.45) is -0.214. The van der Waals surface area contributed by atoms with E-state index in [0.717, 1.165) is 35.3 Å². The van der Waals surface area contributed by atoms with Gasteiger partial charge in [-0.1, -0.05) is 61.9 Å². The van der Waals surface area contributed by atoms with E-state index in [2.05, 4.69) is 51.0 Å². The van der Waals surface area contributed by atoms with E-state index in [4.69, 9.17) is 21.5 Å². The Labute approximate surface area is 369 Å². The van der Waals surface area contributed by atoms with E-state index in [0.29, 0.717) is 5.56 Å². The molecule has 3 aromatic carbocycles. The van der Waals surface area contributed by atoms with Crippen LogP contribution in [0.1, 0.15) is 54.6 Å². The fraction of sp³-hybridized carbons (Fsp3) is 0.381. The van der Waals surface area contributed by atoms with Crippen molar-refractivity contribution in [3.05, 3.63) is 89.5 Å². The van der Waals surface area contributed by atoms with Crippen molar-refractivity contribution in [2.45, 2.75) is 76.3 Å². The predicted molar refractivity (Wildman–Crippen MR) is 233 cm³/mol. The average Bonchev–Trinajstić information content (AvgIpc) is 3.27. The number of carbonyl (C=O) groups excluding carboxylic acids is 8. The summed E-state index contributed by atoms with van der Waals surface area (Å²) in [6.45, 7) is 1.95. The first kappa shape index (κ1) is 51.5. The van der Waals surface area contributed by atoms with E-state index in [1.807, 2.05) is 12.1 Å². The zero-order valence-corrected chi connectivity index (χ0v) is 35.7. The molecule has 0 saturated heterocycles. The number of aryl methyl sites for hydroxylation is 1. The summed E-state index contributed by atoms with van der Waals surface area (Å²) in [7, 11) is -0.712. The van der Waals surface area contributed by atoms with Crippen molar-refractivity contribution in [2.75, 3.05) is 26.6 Å². The zero-order valence-electron chi connectivity index (χ0n) is 35.7. The van der Waals surface area contributed by atoms with E-state index >= 15 is 0 Å². The van der Waals surface area contributed by atoms with Crippen LogP contribution in [0.25, 0.3) is 11.1 Å². The summed E-state index contributed by atoms with van der Waals surface area (Å²) in [5.41, 5.74) is 14.8. The second-order valence-corrected chi connectivity index (χ2v) is 14.9. The van der Waals surface area contributed by atoms with Crippen LogP contribution >= 0.6 is 0 Å². The number of nitrogens with zero attached hydrogens (tertiary/aromatic N) is 1. The molecular weight excluding hydrogens is 833 g/mol. The van der Waals surface area contributed by atoms with Crippen LogP contribution < -0.4 is 43.4 Å². The molecule has 22 heteroatoms. The van der Waals surface area contributed by atoms with Gasteiger partial charge in [0.15, 0.2) is 6.17 Å². The van der Waals surface area contributed by atoms with Gasteiger partial charge in [0.05, 0.1) is 26.0 Å². The lowest BCUT2D eigenvalue weighted by Crippen LogP contribution is -2.61. The Bertz CT molecular complexity index is 2090. The molecule has 0 aliphatic heterocycles. The Hall–Kier alpha value is -6.88. The van der Waals surface area contributed by atoms with Gasteiger partial charge in [-0.2, -0.15) is 0 Å². The number of nitrogens with one attached hydrogen (secondary N) is 6. The number of unbranched alkanes of at least 4 members (excludes halogenated alkanes) is 1. The molecule has 5 atom stereocenters. The molecule has 5 unspecified atom stereocenters. The summed E-state index contributed by atoms with van der Waals surface area (Å²) in [5.74, 6) is -7.43. The zero-order chi connectivity index (χ0) is 47.5. The second-order valence-electron chi connectivity index (χ2n) is 14.9. The minimum absolute atomic E-state index is 0.0859. The molecule has 0 bridgehead atoms. The van der Waals surface area contributed by atoms with Crippen molar-refractivity contribution in [1.82, 2.24) is 36.8 Å². The SMILES string of the molecule is CCCCc1ccc(-c2ccc(C(=O)NC(CO)C(=O)NC(C)C(=O)NCC(=O)N(C)C(Cc3ccc(O)cc3)C(=O)NC(N)C(=O)NC(CC(N)=O)C(=O)NCB(O)O)cc2)cc1. The molecule has 14 N–H and O–H groups in total. The molecule has 21 nitrogen and oxygen atoms in total. The monoisotopic (exact) mass is 889 g/mol. The smallest absolute Gasteiger partial charge is 0.472 e. The summed E-state index contributed by atoms with van der Waals surface area (Å²) >= 11 is 0. The van der Waals surface area contributed by atoms with Crippen molar-refractivity contribution in [1.29, 1.82) is 0 Å². The molecule has 3 rings (SSSR count). The highest BCUT2D eigenvalue weighted by molar-refractivity contribution is 6.41. The van der Waals surface area contributed by atoms with Gasteiger partial charge in [-0.25, -0.2) is 0 Å². The number of rotatable bonds is 24. The molecular formula is C42H56BN9O12. The van der Waals surface area contributed by atoms with Crippen molar-refractivity contribution in [2.24, 2.45) is 11.5 Å². The van der Waals surface area contributed by atoms with Crippen LogP contribution in [0.3, 0.4) is 0 Å². The molecule has 0 spiro atoms. The number of nitrogens with two attached hydrogens (primary N) is 2. The van der Waals surface area contributed by atoms with E-state index in [-0.39, 0.29) is 17.7 Å². The lowest BCUT2D eigenvalue weighted by Gasteiger charge is -2.29. The normalized spacial score (nSPS) is 13.1. The van der Waals surface area contributed by atoms with Crippen LogP contribution in [0.4, 0.5) is 0 Å². The molecule has 0 saturated carbocycles. The Morgan fingerprint density at radius 3 is 1.88 bits per heavy atom. The molecule has 0 aliphatic rings. The number of amides is 8. The number of benzene rings is 3. The summed E-state index contributed by atoms with van der Waals surface area (Å²) in [5, 5.41) is 51.4. The molecule has 0 heterocycles. The summed E-state index contributed by atoms with van der Waals surface area (Å²) < 4.78 is 0. The summed E-state index contributed by atoms with van der Waals surface area (Å²) in [4.78, 5) is 104. The highest BCUT2D eigenvalue weighted by Crippen LogP contribution is 2.21. The van der Waals surface area contributed by atoms with Crippen LogP contribution in [0.5, 0.6) is 5.75 Å². The Morgan fingerprint density at radius 2 is 1.31 bits per heavy atom. The van der Waals surface area contributed by atoms with Crippen LogP contribution in [-0.4, -0.2) is 137 Å². The van der Waals surface area contributed by atoms with E-state index in [9.17, 15) is 48.6 Å². The van der Waals surface area contributed by atoms with Crippen molar-refractivity contribution in [3.8, 4) is 16.9 Å². The Kier molecular flexibility index (Phi) is 20.3. The standard InChI is InChI=1S/C42H56BN9O12/c1-4-5-6-25-7-11-27(12-8-25)28-13-15-29(16-14-28)38(58)50-32(22-53)40(60)48-24(2)37(57)46-21-35(56)52(3)33(19-26-9-17-30(54)18-10-26)41(61)51-36(45)42(62)49-31(20-34(44)55)39(59)47-23-43(63)64/h7-18,24,31-33,36,53-54,63-64H,4-6,19-23,45H2,1-3H3,(H2,44,55)(H,46,57)(H,47,59)(H,48,60)(H,49,62)(H,50,58)(H,51,61).